The van der Waals surface area contributed by atoms with Crippen LogP contribution in [0, 0.1) is 0 Å². The predicted molar refractivity (Wildman–Crippen MR) is 328 cm³/mol. The topological polar surface area (TPSA) is 9.86 Å². The molecule has 2 aromatic heterocycles. The van der Waals surface area contributed by atoms with Gasteiger partial charge in [-0.1, -0.05) is 273 Å². The van der Waals surface area contributed by atoms with Crippen LogP contribution in [0.4, 0.5) is 0 Å². The molecule has 2 nitrogen and oxygen atoms in total. The Morgan fingerprint density at radius 3 is 1.17 bits per heavy atom. The molecule has 0 saturated carbocycles. The molecule has 0 saturated heterocycles. The highest BCUT2D eigenvalue weighted by Gasteiger charge is 2.46. The molecule has 0 spiro atoms. The molecule has 14 aromatic rings. The third-order valence-corrected chi connectivity index (χ3v) is 25.6. The van der Waals surface area contributed by atoms with E-state index in [1.54, 1.807) is 0 Å². The Bertz CT molecular complexity index is 4230. The zero-order chi connectivity index (χ0) is 50.5. The maximum Gasteiger partial charge on any atom is 0.181 e. The fourth-order valence-electron chi connectivity index (χ4n) is 13.0. The van der Waals surface area contributed by atoms with Gasteiger partial charge >= 0.3 is 0 Å². The monoisotopic (exact) mass is 1000 g/mol. The van der Waals surface area contributed by atoms with Crippen LogP contribution >= 0.6 is 0 Å². The molecule has 0 unspecified atom stereocenters. The molecule has 358 valence electrons. The molecule has 0 aliphatic heterocycles. The first-order valence-electron chi connectivity index (χ1n) is 26.3. The number of fused-ring (bicyclic) bond motifs is 7. The summed E-state index contributed by atoms with van der Waals surface area (Å²) < 4.78 is 5.17. The average Bonchev–Trinajstić information content (AvgIpc) is 4.22. The van der Waals surface area contributed by atoms with Gasteiger partial charge in [-0.3, -0.25) is 0 Å². The van der Waals surface area contributed by atoms with Gasteiger partial charge in [0.2, 0.25) is 0 Å². The van der Waals surface area contributed by atoms with Crippen LogP contribution in [0.3, 0.4) is 0 Å². The lowest BCUT2D eigenvalue weighted by Gasteiger charge is -2.37. The summed E-state index contributed by atoms with van der Waals surface area (Å²) >= 11 is 0. The molecule has 0 aliphatic rings. The minimum absolute atomic E-state index is 1.13. The summed E-state index contributed by atoms with van der Waals surface area (Å²) in [5.41, 5.74) is 9.46. The van der Waals surface area contributed by atoms with Crippen LogP contribution < -0.4 is 41.5 Å². The molecule has 0 radical (unpaired) electrons. The van der Waals surface area contributed by atoms with E-state index in [1.807, 2.05) is 0 Å². The number of benzene rings is 12. The van der Waals surface area contributed by atoms with Gasteiger partial charge in [0.1, 0.15) is 0 Å². The SMILES string of the molecule is c1ccc(-c2ccccc2[Si](c2ccccc2)(c2ccccc2)c2cc3c(c4ccccc4n3-c3ccccc3)c3c2c2ccccc2n3-c2cccc([Si](c3ccccc3)(c3ccccc3)c3ccccc3)c2)cc1. The van der Waals surface area contributed by atoms with E-state index in [9.17, 15) is 0 Å². The largest absolute Gasteiger partial charge is 0.309 e. The summed E-state index contributed by atoms with van der Waals surface area (Å²) in [6.07, 6.45) is 0. The van der Waals surface area contributed by atoms with E-state index < -0.39 is 16.1 Å². The number of nitrogens with zero attached hydrogens (tertiary/aromatic N) is 2. The highest BCUT2D eigenvalue weighted by atomic mass is 28.3. The van der Waals surface area contributed by atoms with Crippen molar-refractivity contribution in [2.75, 3.05) is 0 Å². The van der Waals surface area contributed by atoms with Gasteiger partial charge in [0.25, 0.3) is 0 Å². The summed E-state index contributed by atoms with van der Waals surface area (Å²) in [6, 6.07) is 119. The molecule has 14 rings (SSSR count). The summed E-state index contributed by atoms with van der Waals surface area (Å²) in [7, 11) is -6.32. The quantitative estimate of drug-likeness (QED) is 0.0903. The Kier molecular flexibility index (Phi) is 11.2. The van der Waals surface area contributed by atoms with Crippen LogP contribution in [-0.4, -0.2) is 25.3 Å². The minimum Gasteiger partial charge on any atom is -0.309 e. The van der Waals surface area contributed by atoms with Crippen molar-refractivity contribution < 1.29 is 0 Å². The molecule has 2 heterocycles. The van der Waals surface area contributed by atoms with E-state index >= 15 is 0 Å². The third kappa shape index (κ3) is 6.99. The second-order valence-corrected chi connectivity index (χ2v) is 27.4. The van der Waals surface area contributed by atoms with Crippen molar-refractivity contribution in [3.8, 4) is 22.5 Å². The smallest absolute Gasteiger partial charge is 0.181 e. The molecular weight excluding hydrogens is 949 g/mol. The van der Waals surface area contributed by atoms with Gasteiger partial charge in [-0.05, 0) is 95.1 Å². The maximum atomic E-state index is 2.64. The number of hydrogen-bond acceptors (Lipinski definition) is 0. The van der Waals surface area contributed by atoms with Gasteiger partial charge in [-0.15, -0.1) is 0 Å². The van der Waals surface area contributed by atoms with Gasteiger partial charge in [0.05, 0.1) is 22.1 Å². The second kappa shape index (κ2) is 18.9. The van der Waals surface area contributed by atoms with Crippen molar-refractivity contribution in [3.63, 3.8) is 0 Å². The molecule has 12 aromatic carbocycles. The lowest BCUT2D eigenvalue weighted by Crippen LogP contribution is -2.75. The average molecular weight is 1000 g/mol. The van der Waals surface area contributed by atoms with Crippen LogP contribution in [0.25, 0.3) is 66.1 Å². The third-order valence-electron chi connectivity index (χ3n) is 16.0. The number of hydrogen-bond donors (Lipinski definition) is 0. The van der Waals surface area contributed by atoms with Crippen molar-refractivity contribution in [2.45, 2.75) is 0 Å². The molecule has 0 fully saturated rings. The number of para-hydroxylation sites is 3. The molecule has 0 N–H and O–H groups in total. The summed E-state index contributed by atoms with van der Waals surface area (Å²) in [5.74, 6) is 0. The number of rotatable bonds is 11. The standard InChI is InChI=1S/C72H52N2Si2/c1-8-29-53(30-9-1)62-45-24-27-50-68(62)76(59-40-18-6-19-41-59,60-42-20-7-21-43-60)69-52-67-70(63-46-22-25-48-65(63)73(67)54-31-10-2-11-32-54)72-71(69)64-47-23-26-49-66(64)74(72)55-33-28-44-61(51-55)75(56-34-12-3-13-35-56,57-36-14-4-15-37-57)58-38-16-5-17-39-58/h1-52H. The highest BCUT2D eigenvalue weighted by molar-refractivity contribution is 7.21. The van der Waals surface area contributed by atoms with E-state index in [4.69, 9.17) is 0 Å². The van der Waals surface area contributed by atoms with Crippen LogP contribution in [0.2, 0.25) is 0 Å². The van der Waals surface area contributed by atoms with Crippen LogP contribution in [0.15, 0.2) is 315 Å². The fourth-order valence-corrected chi connectivity index (χ4v) is 23.0. The van der Waals surface area contributed by atoms with Crippen LogP contribution in [-0.2, 0) is 0 Å². The minimum atomic E-state index is -3.38. The number of aromatic nitrogens is 2. The van der Waals surface area contributed by atoms with E-state index in [-0.39, 0.29) is 0 Å². The zero-order valence-electron chi connectivity index (χ0n) is 41.9. The van der Waals surface area contributed by atoms with Crippen molar-refractivity contribution in [1.82, 2.24) is 9.13 Å². The molecule has 0 atom stereocenters. The van der Waals surface area contributed by atoms with Crippen molar-refractivity contribution >= 4 is 101 Å². The predicted octanol–water partition coefficient (Wildman–Crippen LogP) is 12.3. The lowest BCUT2D eigenvalue weighted by atomic mass is 10.1. The van der Waals surface area contributed by atoms with Crippen molar-refractivity contribution in [1.29, 1.82) is 0 Å². The van der Waals surface area contributed by atoms with E-state index in [0.29, 0.717) is 0 Å². The lowest BCUT2D eigenvalue weighted by molar-refractivity contribution is 1.18. The first-order chi connectivity index (χ1) is 37.8. The van der Waals surface area contributed by atoms with Crippen LogP contribution in [0.5, 0.6) is 0 Å². The van der Waals surface area contributed by atoms with E-state index in [0.717, 1.165) is 11.4 Å². The van der Waals surface area contributed by atoms with Crippen LogP contribution in [0.1, 0.15) is 0 Å². The summed E-state index contributed by atoms with van der Waals surface area (Å²) in [5, 5.41) is 15.7. The molecule has 0 bridgehead atoms. The first-order valence-corrected chi connectivity index (χ1v) is 30.3. The van der Waals surface area contributed by atoms with Gasteiger partial charge in [-0.2, -0.15) is 0 Å². The molecule has 76 heavy (non-hydrogen) atoms. The molecule has 4 heteroatoms. The van der Waals surface area contributed by atoms with Gasteiger partial charge in [0, 0.05) is 32.9 Å². The Morgan fingerprint density at radius 1 is 0.237 bits per heavy atom. The fraction of sp³-hybridized carbons (Fsp3) is 0. The van der Waals surface area contributed by atoms with Crippen molar-refractivity contribution in [3.05, 3.63) is 315 Å². The Labute approximate surface area is 445 Å². The van der Waals surface area contributed by atoms with Gasteiger partial charge in [-0.25, -0.2) is 0 Å². The maximum absolute atomic E-state index is 3.38. The normalized spacial score (nSPS) is 11.9. The molecule has 0 aliphatic carbocycles. The summed E-state index contributed by atoms with van der Waals surface area (Å²) in [4.78, 5) is 0. The Hall–Kier alpha value is -9.33. The molecular formula is C72H52N2Si2. The van der Waals surface area contributed by atoms with Crippen molar-refractivity contribution in [2.24, 2.45) is 0 Å². The van der Waals surface area contributed by atoms with Gasteiger partial charge < -0.3 is 9.13 Å². The highest BCUT2D eigenvalue weighted by Crippen LogP contribution is 2.42. The molecule has 0 amide bonds. The van der Waals surface area contributed by atoms with E-state index in [1.165, 1.54) is 96.2 Å². The van der Waals surface area contributed by atoms with Gasteiger partial charge in [0.15, 0.2) is 16.1 Å². The zero-order valence-corrected chi connectivity index (χ0v) is 43.9. The first kappa shape index (κ1) is 45.3. The Balaban J connectivity index is 1.21. The second-order valence-electron chi connectivity index (χ2n) is 19.9. The summed E-state index contributed by atoms with van der Waals surface area (Å²) in [6.45, 7) is 0. The Morgan fingerprint density at radius 2 is 0.632 bits per heavy atom. The van der Waals surface area contributed by atoms with E-state index in [2.05, 4.69) is 325 Å².